The highest BCUT2D eigenvalue weighted by Crippen LogP contribution is 2.35. The molecule has 4 aromatic rings. The molecule has 9 heteroatoms. The van der Waals surface area contributed by atoms with Crippen LogP contribution < -0.4 is 9.62 Å². The van der Waals surface area contributed by atoms with Crippen molar-refractivity contribution in [1.29, 1.82) is 0 Å². The number of sulfonamides is 1. The number of halogens is 1. The molecule has 7 nitrogen and oxygen atoms in total. The summed E-state index contributed by atoms with van der Waals surface area (Å²) in [5.74, 6) is 0.773. The molecule has 1 heterocycles. The number of rotatable bonds is 9. The summed E-state index contributed by atoms with van der Waals surface area (Å²) in [5, 5.41) is 0.363. The van der Waals surface area contributed by atoms with E-state index in [2.05, 4.69) is 16.6 Å². The number of fused-ring (bicyclic) bond motifs is 1. The zero-order valence-corrected chi connectivity index (χ0v) is 24.2. The quantitative estimate of drug-likeness (QED) is 0.259. The summed E-state index contributed by atoms with van der Waals surface area (Å²) in [4.78, 5) is 20.2. The van der Waals surface area contributed by atoms with Crippen LogP contribution in [-0.4, -0.2) is 23.9 Å². The van der Waals surface area contributed by atoms with Crippen LogP contribution in [0.5, 0.6) is 0 Å². The maximum absolute atomic E-state index is 13.8. The Balaban J connectivity index is 1.46. The summed E-state index contributed by atoms with van der Waals surface area (Å²) in [6, 6.07) is 21.8. The van der Waals surface area contributed by atoms with E-state index in [1.54, 1.807) is 23.2 Å². The topological polar surface area (TPSA) is 84.3 Å². The lowest BCUT2D eigenvalue weighted by Gasteiger charge is -2.30. The number of nitrogens with one attached hydrogen (secondary N) is 1. The zero-order valence-electron chi connectivity index (χ0n) is 22.6. The van der Waals surface area contributed by atoms with Crippen LogP contribution in [0.2, 0.25) is 5.02 Å². The molecule has 1 aliphatic rings. The van der Waals surface area contributed by atoms with Gasteiger partial charge in [-0.05, 0) is 72.2 Å². The average molecular weight is 577 g/mol. The highest BCUT2D eigenvalue weighted by Gasteiger charge is 2.28. The first-order chi connectivity index (χ1) is 19.2. The van der Waals surface area contributed by atoms with Gasteiger partial charge in [0.15, 0.2) is 0 Å². The minimum Gasteiger partial charge on any atom is -0.337 e. The number of hydrogen-bond donors (Lipinski definition) is 1. The maximum atomic E-state index is 13.8. The zero-order chi connectivity index (χ0) is 28.3. The van der Waals surface area contributed by atoms with Crippen LogP contribution in [0.4, 0.5) is 5.69 Å². The minimum absolute atomic E-state index is 0.0221. The van der Waals surface area contributed by atoms with E-state index in [1.807, 2.05) is 66.3 Å². The van der Waals surface area contributed by atoms with Gasteiger partial charge in [0.1, 0.15) is 5.82 Å². The number of imidazole rings is 1. The van der Waals surface area contributed by atoms with Crippen molar-refractivity contribution >= 4 is 33.2 Å². The molecule has 2 atom stereocenters. The summed E-state index contributed by atoms with van der Waals surface area (Å²) < 4.78 is 31.3. The molecule has 1 amide bonds. The van der Waals surface area contributed by atoms with E-state index in [4.69, 9.17) is 11.6 Å². The van der Waals surface area contributed by atoms with Gasteiger partial charge in [0.05, 0.1) is 11.4 Å². The van der Waals surface area contributed by atoms with Crippen molar-refractivity contribution in [3.63, 3.8) is 0 Å². The minimum atomic E-state index is -3.80. The number of hydrogen-bond acceptors (Lipinski definition) is 4. The van der Waals surface area contributed by atoms with E-state index in [-0.39, 0.29) is 16.7 Å². The molecule has 0 aliphatic heterocycles. The number of carbonyl (C=O) groups is 1. The largest absolute Gasteiger partial charge is 0.337 e. The van der Waals surface area contributed by atoms with Gasteiger partial charge in [0.2, 0.25) is 15.9 Å². The molecule has 0 saturated carbocycles. The SMILES string of the molecule is C[C@@H](CC(=O)N(Cc1nccn1C)c1ccc2c(c1)[C@H](NS(=O)(=O)c1cccc(Cl)c1)CCC2)c1ccccc1. The normalized spacial score (nSPS) is 15.8. The molecular formula is C31H33ClN4O3S. The lowest BCUT2D eigenvalue weighted by molar-refractivity contribution is -0.119. The number of nitrogens with zero attached hydrogens (tertiary/aromatic N) is 3. The van der Waals surface area contributed by atoms with E-state index < -0.39 is 16.1 Å². The first kappa shape index (κ1) is 28.1. The molecule has 0 spiro atoms. The fourth-order valence-corrected chi connectivity index (χ4v) is 6.80. The van der Waals surface area contributed by atoms with E-state index in [0.717, 1.165) is 41.0 Å². The molecule has 0 saturated heterocycles. The highest BCUT2D eigenvalue weighted by molar-refractivity contribution is 7.89. The summed E-state index contributed by atoms with van der Waals surface area (Å²) >= 11 is 6.07. The molecule has 1 N–H and O–H groups in total. The predicted octanol–water partition coefficient (Wildman–Crippen LogP) is 6.16. The number of amides is 1. The third kappa shape index (κ3) is 6.30. The molecule has 0 fully saturated rings. The molecule has 3 aromatic carbocycles. The van der Waals surface area contributed by atoms with Crippen molar-refractivity contribution in [1.82, 2.24) is 14.3 Å². The lowest BCUT2D eigenvalue weighted by Crippen LogP contribution is -2.34. The Labute approximate surface area is 240 Å². The smallest absolute Gasteiger partial charge is 0.241 e. The Hall–Kier alpha value is -3.46. The van der Waals surface area contributed by atoms with Crippen LogP contribution in [0, 0.1) is 0 Å². The Morgan fingerprint density at radius 2 is 1.93 bits per heavy atom. The fraction of sp³-hybridized carbons (Fsp3) is 0.290. The molecule has 0 radical (unpaired) electrons. The number of aromatic nitrogens is 2. The van der Waals surface area contributed by atoms with E-state index in [1.165, 1.54) is 12.1 Å². The van der Waals surface area contributed by atoms with Crippen molar-refractivity contribution in [2.45, 2.75) is 56.0 Å². The van der Waals surface area contributed by atoms with Gasteiger partial charge < -0.3 is 9.47 Å². The molecule has 40 heavy (non-hydrogen) atoms. The van der Waals surface area contributed by atoms with E-state index >= 15 is 0 Å². The van der Waals surface area contributed by atoms with Crippen molar-refractivity contribution in [2.75, 3.05) is 4.90 Å². The third-order valence-electron chi connectivity index (χ3n) is 7.53. The molecule has 1 aromatic heterocycles. The third-order valence-corrected chi connectivity index (χ3v) is 9.23. The van der Waals surface area contributed by atoms with Crippen LogP contribution in [0.3, 0.4) is 0 Å². The number of benzene rings is 3. The Kier molecular flexibility index (Phi) is 8.40. The van der Waals surface area contributed by atoms with Gasteiger partial charge in [0.25, 0.3) is 0 Å². The van der Waals surface area contributed by atoms with Gasteiger partial charge in [-0.2, -0.15) is 0 Å². The maximum Gasteiger partial charge on any atom is 0.241 e. The van der Waals surface area contributed by atoms with Crippen LogP contribution in [0.1, 0.15) is 60.7 Å². The first-order valence-electron chi connectivity index (χ1n) is 13.4. The van der Waals surface area contributed by atoms with Crippen molar-refractivity contribution < 1.29 is 13.2 Å². The predicted molar refractivity (Wildman–Crippen MR) is 158 cm³/mol. The van der Waals surface area contributed by atoms with Crippen molar-refractivity contribution in [2.24, 2.45) is 7.05 Å². The van der Waals surface area contributed by atoms with Crippen LogP contribution >= 0.6 is 11.6 Å². The van der Waals surface area contributed by atoms with Gasteiger partial charge in [-0.25, -0.2) is 18.1 Å². The van der Waals surface area contributed by atoms with Gasteiger partial charge in [-0.1, -0.05) is 61.0 Å². The lowest BCUT2D eigenvalue weighted by atomic mass is 9.87. The van der Waals surface area contributed by atoms with E-state index in [9.17, 15) is 13.2 Å². The van der Waals surface area contributed by atoms with Gasteiger partial charge >= 0.3 is 0 Å². The standard InChI is InChI=1S/C31H33ClN4O3S/c1-22(23-8-4-3-5-9-23)18-31(37)36(21-30-33-16-17-35(30)2)26-15-14-24-10-6-13-29(28(24)20-26)34-40(38,39)27-12-7-11-25(32)19-27/h3-5,7-9,11-12,14-17,19-20,22,29,34H,6,10,13,18,21H2,1-2H3/t22-,29+/m0/s1. The molecule has 208 valence electrons. The summed E-state index contributed by atoms with van der Waals surface area (Å²) in [6.07, 6.45) is 6.28. The number of aryl methyl sites for hydroxylation is 2. The molecule has 1 aliphatic carbocycles. The highest BCUT2D eigenvalue weighted by atomic mass is 35.5. The average Bonchev–Trinajstić information content (AvgIpc) is 3.36. The molecular weight excluding hydrogens is 544 g/mol. The van der Waals surface area contributed by atoms with Crippen LogP contribution in [0.15, 0.2) is 90.1 Å². The number of anilines is 1. The Bertz CT molecular complexity index is 1600. The molecule has 0 unspecified atom stereocenters. The van der Waals surface area contributed by atoms with Crippen molar-refractivity contribution in [3.8, 4) is 0 Å². The van der Waals surface area contributed by atoms with Gasteiger partial charge in [-0.15, -0.1) is 0 Å². The monoisotopic (exact) mass is 576 g/mol. The summed E-state index contributed by atoms with van der Waals surface area (Å²) in [5.41, 5.74) is 3.80. The molecule has 5 rings (SSSR count). The van der Waals surface area contributed by atoms with Gasteiger partial charge in [-0.3, -0.25) is 4.79 Å². The number of carbonyl (C=O) groups excluding carboxylic acids is 1. The second-order valence-electron chi connectivity index (χ2n) is 10.4. The Morgan fingerprint density at radius 1 is 1.12 bits per heavy atom. The Morgan fingerprint density at radius 3 is 2.65 bits per heavy atom. The second-order valence-corrected chi connectivity index (χ2v) is 12.5. The second kappa shape index (κ2) is 12.0. The summed E-state index contributed by atoms with van der Waals surface area (Å²) in [6.45, 7) is 2.36. The van der Waals surface area contributed by atoms with Crippen molar-refractivity contribution in [3.05, 3.63) is 113 Å². The van der Waals surface area contributed by atoms with Crippen LogP contribution in [0.25, 0.3) is 0 Å². The van der Waals surface area contributed by atoms with E-state index in [0.29, 0.717) is 24.4 Å². The van der Waals surface area contributed by atoms with Crippen LogP contribution in [-0.2, 0) is 34.8 Å². The fourth-order valence-electron chi connectivity index (χ4n) is 5.25. The first-order valence-corrected chi connectivity index (χ1v) is 15.3. The van der Waals surface area contributed by atoms with Gasteiger partial charge in [0, 0.05) is 42.6 Å². The molecule has 0 bridgehead atoms. The summed E-state index contributed by atoms with van der Waals surface area (Å²) in [7, 11) is -1.89.